The van der Waals surface area contributed by atoms with Crippen LogP contribution in [0.4, 0.5) is 0 Å². The molecular weight excluding hydrogens is 541 g/mol. The van der Waals surface area contributed by atoms with Crippen LogP contribution < -0.4 is 5.32 Å². The quantitative estimate of drug-likeness (QED) is 0.258. The molecule has 2 heterocycles. The van der Waals surface area contributed by atoms with Crippen molar-refractivity contribution in [2.75, 3.05) is 13.1 Å². The highest BCUT2D eigenvalue weighted by molar-refractivity contribution is 6.34. The van der Waals surface area contributed by atoms with Crippen LogP contribution in [0.1, 0.15) is 79.5 Å². The Morgan fingerprint density at radius 1 is 1.26 bits per heavy atom. The van der Waals surface area contributed by atoms with E-state index < -0.39 is 11.6 Å². The molecule has 1 aromatic heterocycles. The zero-order valence-corrected chi connectivity index (χ0v) is 24.0. The first-order valence-electron chi connectivity index (χ1n) is 12.9. The Hall–Kier alpha value is -3.14. The number of fused-ring (bicyclic) bond motifs is 1. The number of hydroxylamine groups is 2. The number of benzene rings is 2. The predicted octanol–water partition coefficient (Wildman–Crippen LogP) is 5.54. The maximum Gasteiger partial charge on any atom is 0.255 e. The van der Waals surface area contributed by atoms with Crippen LogP contribution in [-0.4, -0.2) is 62.9 Å². The van der Waals surface area contributed by atoms with Crippen LogP contribution in [-0.2, 0) is 9.63 Å². The van der Waals surface area contributed by atoms with Gasteiger partial charge in [0.2, 0.25) is 6.41 Å². The lowest BCUT2D eigenvalue weighted by Gasteiger charge is -2.30. The summed E-state index contributed by atoms with van der Waals surface area (Å²) in [5, 5.41) is 4.98. The van der Waals surface area contributed by atoms with Gasteiger partial charge in [-0.25, -0.2) is 10.0 Å². The molecular formula is C28H33Cl2N5O4. The van der Waals surface area contributed by atoms with Crippen molar-refractivity contribution in [3.05, 3.63) is 63.4 Å². The maximum atomic E-state index is 13.4. The molecule has 2 aromatic carbocycles. The number of carbonyl (C=O) groups is 3. The van der Waals surface area contributed by atoms with Gasteiger partial charge in [-0.2, -0.15) is 0 Å². The van der Waals surface area contributed by atoms with Crippen LogP contribution in [0.25, 0.3) is 11.0 Å². The van der Waals surface area contributed by atoms with Crippen LogP contribution in [0.15, 0.2) is 36.4 Å². The number of rotatable bonds is 9. The summed E-state index contributed by atoms with van der Waals surface area (Å²) in [6, 6.07) is 9.60. The van der Waals surface area contributed by atoms with Crippen molar-refractivity contribution in [1.29, 1.82) is 0 Å². The Bertz CT molecular complexity index is 1370. The van der Waals surface area contributed by atoms with E-state index in [9.17, 15) is 14.4 Å². The monoisotopic (exact) mass is 573 g/mol. The Kier molecular flexibility index (Phi) is 8.83. The number of H-pyrrole nitrogens is 1. The van der Waals surface area contributed by atoms with Crippen LogP contribution in [0.5, 0.6) is 0 Å². The molecule has 0 radical (unpaired) electrons. The van der Waals surface area contributed by atoms with Crippen LogP contribution in [0, 0.1) is 0 Å². The Morgan fingerprint density at radius 2 is 2.03 bits per heavy atom. The molecule has 2 N–H and O–H groups in total. The van der Waals surface area contributed by atoms with Crippen molar-refractivity contribution >= 4 is 52.5 Å². The molecule has 11 heteroatoms. The number of amides is 3. The van der Waals surface area contributed by atoms with Crippen molar-refractivity contribution < 1.29 is 19.2 Å². The Balaban J connectivity index is 1.40. The first-order chi connectivity index (χ1) is 18.4. The van der Waals surface area contributed by atoms with Crippen molar-refractivity contribution in [2.45, 2.75) is 64.6 Å². The highest BCUT2D eigenvalue weighted by Crippen LogP contribution is 2.27. The minimum Gasteiger partial charge on any atom is -0.342 e. The lowest BCUT2D eigenvalue weighted by atomic mass is 10.1. The maximum absolute atomic E-state index is 13.4. The molecule has 0 spiro atoms. The van der Waals surface area contributed by atoms with Gasteiger partial charge >= 0.3 is 0 Å². The number of likely N-dealkylation sites (tertiary alicyclic amines) is 1. The fourth-order valence-corrected chi connectivity index (χ4v) is 5.12. The molecule has 2 atom stereocenters. The van der Waals surface area contributed by atoms with E-state index >= 15 is 0 Å². The summed E-state index contributed by atoms with van der Waals surface area (Å²) in [6.07, 6.45) is 2.95. The zero-order valence-electron chi connectivity index (χ0n) is 22.5. The lowest BCUT2D eigenvalue weighted by molar-refractivity contribution is -0.216. The highest BCUT2D eigenvalue weighted by atomic mass is 35.5. The Morgan fingerprint density at radius 3 is 2.72 bits per heavy atom. The molecule has 1 aliphatic rings. The van der Waals surface area contributed by atoms with Gasteiger partial charge in [-0.15, -0.1) is 0 Å². The minimum absolute atomic E-state index is 0.0397. The normalized spacial score (nSPS) is 16.4. The number of nitrogens with zero attached hydrogens (tertiary/aromatic N) is 3. The average molecular weight is 575 g/mol. The second kappa shape index (κ2) is 11.9. The molecule has 4 rings (SSSR count). The van der Waals surface area contributed by atoms with E-state index in [1.165, 1.54) is 11.1 Å². The number of aromatic amines is 1. The van der Waals surface area contributed by atoms with Gasteiger partial charge in [0.05, 0.1) is 39.8 Å². The van der Waals surface area contributed by atoms with Gasteiger partial charge in [-0.05, 0) is 83.4 Å². The van der Waals surface area contributed by atoms with Crippen molar-refractivity contribution in [3.8, 4) is 0 Å². The summed E-state index contributed by atoms with van der Waals surface area (Å²) in [5.41, 5.74) is 1.71. The molecule has 9 nitrogen and oxygen atoms in total. The fourth-order valence-electron chi connectivity index (χ4n) is 4.69. The second-order valence-corrected chi connectivity index (χ2v) is 11.5. The van der Waals surface area contributed by atoms with Gasteiger partial charge in [-0.3, -0.25) is 19.2 Å². The van der Waals surface area contributed by atoms with Gasteiger partial charge in [0.15, 0.2) is 0 Å². The molecule has 0 unspecified atom stereocenters. The van der Waals surface area contributed by atoms with Crippen LogP contribution >= 0.6 is 23.2 Å². The van der Waals surface area contributed by atoms with Gasteiger partial charge < -0.3 is 15.2 Å². The summed E-state index contributed by atoms with van der Waals surface area (Å²) in [5.74, 6) is 0.0616. The third-order valence-corrected chi connectivity index (χ3v) is 7.06. The van der Waals surface area contributed by atoms with Gasteiger partial charge in [0.1, 0.15) is 5.82 Å². The fraction of sp³-hybridized carbons (Fsp3) is 0.429. The Labute approximate surface area is 237 Å². The van der Waals surface area contributed by atoms with E-state index in [0.29, 0.717) is 53.4 Å². The molecule has 1 fully saturated rings. The van der Waals surface area contributed by atoms with E-state index in [1.54, 1.807) is 29.2 Å². The van der Waals surface area contributed by atoms with Crippen molar-refractivity contribution in [1.82, 2.24) is 25.2 Å². The number of nitrogens with one attached hydrogen (secondary N) is 2. The van der Waals surface area contributed by atoms with E-state index in [4.69, 9.17) is 28.0 Å². The summed E-state index contributed by atoms with van der Waals surface area (Å²) >= 11 is 12.5. The van der Waals surface area contributed by atoms with Crippen LogP contribution in [0.3, 0.4) is 0 Å². The number of imidazole rings is 1. The molecule has 0 saturated carbocycles. The molecule has 3 aromatic rings. The molecule has 3 amide bonds. The number of carbonyl (C=O) groups excluding carboxylic acids is 3. The first-order valence-corrected chi connectivity index (χ1v) is 13.7. The first kappa shape index (κ1) is 28.9. The SMILES string of the molecule is C[C@H](NC(=O)c1ccc(C(=O)N2CCC[C@H]2CCN(C=O)OC(C)(C)C)c(Cl)c1)c1nc2cc(Cl)ccc2[nH]1. The molecule has 1 saturated heterocycles. The minimum atomic E-state index is -0.494. The molecule has 1 aliphatic heterocycles. The highest BCUT2D eigenvalue weighted by Gasteiger charge is 2.31. The summed E-state index contributed by atoms with van der Waals surface area (Å²) in [6.45, 7) is 8.41. The van der Waals surface area contributed by atoms with Crippen molar-refractivity contribution in [3.63, 3.8) is 0 Å². The molecule has 0 bridgehead atoms. The molecule has 0 aliphatic carbocycles. The molecule has 208 valence electrons. The third-order valence-electron chi connectivity index (χ3n) is 6.51. The van der Waals surface area contributed by atoms with E-state index in [0.717, 1.165) is 18.4 Å². The summed E-state index contributed by atoms with van der Waals surface area (Å²) < 4.78 is 0. The van der Waals surface area contributed by atoms with Gasteiger partial charge in [0, 0.05) is 23.2 Å². The largest absolute Gasteiger partial charge is 0.342 e. The van der Waals surface area contributed by atoms with E-state index in [2.05, 4.69) is 15.3 Å². The van der Waals surface area contributed by atoms with Crippen LogP contribution in [0.2, 0.25) is 10.0 Å². The zero-order chi connectivity index (χ0) is 28.3. The van der Waals surface area contributed by atoms with E-state index in [1.807, 2.05) is 33.8 Å². The van der Waals surface area contributed by atoms with Gasteiger partial charge in [-0.1, -0.05) is 23.2 Å². The number of hydrogen-bond donors (Lipinski definition) is 2. The second-order valence-electron chi connectivity index (χ2n) is 10.7. The third kappa shape index (κ3) is 7.09. The predicted molar refractivity (Wildman–Crippen MR) is 151 cm³/mol. The van der Waals surface area contributed by atoms with E-state index in [-0.39, 0.29) is 22.9 Å². The molecule has 39 heavy (non-hydrogen) atoms. The smallest absolute Gasteiger partial charge is 0.255 e. The topological polar surface area (TPSA) is 108 Å². The summed E-state index contributed by atoms with van der Waals surface area (Å²) in [4.78, 5) is 52.9. The van der Waals surface area contributed by atoms with Crippen molar-refractivity contribution in [2.24, 2.45) is 0 Å². The number of aromatic nitrogens is 2. The summed E-state index contributed by atoms with van der Waals surface area (Å²) in [7, 11) is 0. The number of halogens is 2. The van der Waals surface area contributed by atoms with Gasteiger partial charge in [0.25, 0.3) is 11.8 Å². The average Bonchev–Trinajstić information content (AvgIpc) is 3.52. The lowest BCUT2D eigenvalue weighted by Crippen LogP contribution is -2.39. The number of hydrogen-bond acceptors (Lipinski definition) is 5. The standard InChI is InChI=1S/C28H33Cl2N5O4/c1-17(25-32-23-10-8-19(29)15-24(23)33-25)31-26(37)18-7-9-21(22(30)14-18)27(38)35-12-5-6-20(35)11-13-34(16-36)39-28(2,3)4/h7-10,14-17,20H,5-6,11-13H2,1-4H3,(H,31,37)(H,32,33)/t17-,20-/m0/s1.